The molecule has 0 aliphatic carbocycles. The summed E-state index contributed by atoms with van der Waals surface area (Å²) in [5, 5.41) is 2.61. The van der Waals surface area contributed by atoms with Crippen LogP contribution < -0.4 is 10.6 Å². The summed E-state index contributed by atoms with van der Waals surface area (Å²) in [7, 11) is 0. The third-order valence-electron chi connectivity index (χ3n) is 4.81. The fraction of sp³-hybridized carbons (Fsp3) is 0.100. The molecule has 0 fully saturated rings. The molecule has 110 valence electrons. The average molecular weight is 325 g/mol. The Balaban J connectivity index is 2.00. The van der Waals surface area contributed by atoms with Crippen LogP contribution in [0, 0.1) is 0 Å². The molecule has 0 saturated carbocycles. The molecule has 3 aromatic rings. The number of rotatable bonds is 2. The van der Waals surface area contributed by atoms with Gasteiger partial charge in [-0.1, -0.05) is 0 Å². The number of hydrogen-bond acceptors (Lipinski definition) is 0. The van der Waals surface area contributed by atoms with Crippen molar-refractivity contribution in [3.05, 3.63) is 96.1 Å². The maximum absolute atomic E-state index is 7.68. The molecule has 0 spiro atoms. The minimum atomic E-state index is -2.72. The van der Waals surface area contributed by atoms with E-state index >= 15 is 0 Å². The Bertz CT molecular complexity index is 743. The van der Waals surface area contributed by atoms with E-state index in [9.17, 15) is 0 Å². The van der Waals surface area contributed by atoms with Crippen LogP contribution in [0.25, 0.3) is 0 Å². The van der Waals surface area contributed by atoms with Crippen LogP contribution in [-0.2, 0) is 12.3 Å². The summed E-state index contributed by atoms with van der Waals surface area (Å²) in [5.74, 6) is -2.72. The van der Waals surface area contributed by atoms with Crippen LogP contribution in [-0.4, -0.2) is 0 Å². The van der Waals surface area contributed by atoms with Crippen LogP contribution in [0.1, 0.15) is 11.1 Å². The van der Waals surface area contributed by atoms with Crippen molar-refractivity contribution in [2.75, 3.05) is 0 Å². The molecule has 0 unspecified atom stereocenters. The minimum absolute atomic E-state index is 0.956. The van der Waals surface area contributed by atoms with E-state index in [-0.39, 0.29) is 0 Å². The summed E-state index contributed by atoms with van der Waals surface area (Å²) in [5.41, 5.74) is 2.81. The summed E-state index contributed by atoms with van der Waals surface area (Å²) in [4.78, 5) is 0. The Morgan fingerprint density at radius 2 is 0.909 bits per heavy atom. The molecule has 0 bridgehead atoms. The zero-order chi connectivity index (χ0) is 15.1. The first kappa shape index (κ1) is 14.0. The molecule has 0 radical (unpaired) electrons. The van der Waals surface area contributed by atoms with Crippen LogP contribution >= 0.6 is 17.2 Å². The predicted octanol–water partition coefficient (Wildman–Crippen LogP) is 5.06. The summed E-state index contributed by atoms with van der Waals surface area (Å²) in [6.07, 6.45) is 1.91. The molecule has 0 aromatic heterocycles. The standard InChI is InChI=1S/C20H18ClP/c21-22(19-11-3-1-4-12-19,20-13-5-2-6-14-20)15-17-9-7-8-10-18(17)16-22/h1-14H,15-16H2. The van der Waals surface area contributed by atoms with Crippen LogP contribution in [0.4, 0.5) is 0 Å². The van der Waals surface area contributed by atoms with Crippen molar-refractivity contribution < 1.29 is 0 Å². The third-order valence-corrected chi connectivity index (χ3v) is 11.7. The predicted molar refractivity (Wildman–Crippen MR) is 98.8 cm³/mol. The van der Waals surface area contributed by atoms with Gasteiger partial charge in [0.1, 0.15) is 0 Å². The van der Waals surface area contributed by atoms with Gasteiger partial charge < -0.3 is 0 Å². The van der Waals surface area contributed by atoms with Crippen molar-refractivity contribution in [1.29, 1.82) is 0 Å². The molecule has 22 heavy (non-hydrogen) atoms. The second kappa shape index (κ2) is 4.95. The van der Waals surface area contributed by atoms with Crippen molar-refractivity contribution in [2.24, 2.45) is 0 Å². The van der Waals surface area contributed by atoms with Gasteiger partial charge in [-0.05, 0) is 0 Å². The first-order valence-electron chi connectivity index (χ1n) is 7.60. The van der Waals surface area contributed by atoms with Crippen LogP contribution in [0.2, 0.25) is 0 Å². The van der Waals surface area contributed by atoms with Crippen LogP contribution in [0.3, 0.4) is 0 Å². The molecule has 4 rings (SSSR count). The quantitative estimate of drug-likeness (QED) is 0.578. The molecule has 0 atom stereocenters. The molecular weight excluding hydrogens is 307 g/mol. The van der Waals surface area contributed by atoms with Gasteiger partial charge in [-0.15, -0.1) is 0 Å². The van der Waals surface area contributed by atoms with Gasteiger partial charge in [-0.3, -0.25) is 0 Å². The Hall–Kier alpha value is -1.62. The van der Waals surface area contributed by atoms with Gasteiger partial charge in [-0.25, -0.2) is 0 Å². The van der Waals surface area contributed by atoms with E-state index < -0.39 is 5.96 Å². The fourth-order valence-corrected chi connectivity index (χ4v) is 10.0. The van der Waals surface area contributed by atoms with Crippen molar-refractivity contribution in [2.45, 2.75) is 12.3 Å². The molecule has 0 amide bonds. The van der Waals surface area contributed by atoms with E-state index in [1.807, 2.05) is 0 Å². The van der Waals surface area contributed by atoms with E-state index in [1.54, 1.807) is 0 Å². The van der Waals surface area contributed by atoms with Gasteiger partial charge in [0, 0.05) is 0 Å². The Kier molecular flexibility index (Phi) is 3.15. The Labute approximate surface area is 136 Å². The second-order valence-electron chi connectivity index (χ2n) is 6.13. The second-order valence-corrected chi connectivity index (χ2v) is 13.0. The van der Waals surface area contributed by atoms with E-state index in [4.69, 9.17) is 11.2 Å². The van der Waals surface area contributed by atoms with Crippen LogP contribution in [0.5, 0.6) is 0 Å². The summed E-state index contributed by atoms with van der Waals surface area (Å²) in [6, 6.07) is 30.1. The Morgan fingerprint density at radius 3 is 1.32 bits per heavy atom. The SMILES string of the molecule is ClP1(c2ccccc2)(c2ccccc2)Cc2ccccc2C1. The van der Waals surface area contributed by atoms with E-state index in [0.29, 0.717) is 0 Å². The van der Waals surface area contributed by atoms with Gasteiger partial charge in [0.15, 0.2) is 0 Å². The van der Waals surface area contributed by atoms with Crippen molar-refractivity contribution >= 4 is 27.8 Å². The molecule has 1 heterocycles. The molecule has 0 nitrogen and oxygen atoms in total. The van der Waals surface area contributed by atoms with Gasteiger partial charge in [0.25, 0.3) is 0 Å². The first-order valence-corrected chi connectivity index (χ1v) is 11.1. The normalized spacial score (nSPS) is 19.8. The topological polar surface area (TPSA) is 0 Å². The zero-order valence-corrected chi connectivity index (χ0v) is 14.0. The number of fused-ring (bicyclic) bond motifs is 1. The van der Waals surface area contributed by atoms with Crippen molar-refractivity contribution in [1.82, 2.24) is 0 Å². The number of benzene rings is 3. The Morgan fingerprint density at radius 1 is 0.545 bits per heavy atom. The molecule has 1 aliphatic rings. The summed E-state index contributed by atoms with van der Waals surface area (Å²) >= 11 is 7.68. The van der Waals surface area contributed by atoms with Crippen LogP contribution in [0.15, 0.2) is 84.9 Å². The van der Waals surface area contributed by atoms with Crippen molar-refractivity contribution in [3.63, 3.8) is 0 Å². The number of hydrogen-bond donors (Lipinski definition) is 0. The molecular formula is C20H18ClP. The van der Waals surface area contributed by atoms with Gasteiger partial charge in [0.2, 0.25) is 0 Å². The monoisotopic (exact) mass is 324 g/mol. The number of halogens is 1. The zero-order valence-electron chi connectivity index (χ0n) is 12.3. The molecule has 0 saturated heterocycles. The summed E-state index contributed by atoms with van der Waals surface area (Å²) < 4.78 is 0. The molecule has 3 aromatic carbocycles. The third kappa shape index (κ3) is 1.95. The van der Waals surface area contributed by atoms with E-state index in [2.05, 4.69) is 84.9 Å². The van der Waals surface area contributed by atoms with Crippen molar-refractivity contribution in [3.8, 4) is 0 Å². The van der Waals surface area contributed by atoms with E-state index in [1.165, 1.54) is 21.7 Å². The molecule has 0 N–H and O–H groups in total. The van der Waals surface area contributed by atoms with Gasteiger partial charge in [-0.2, -0.15) is 0 Å². The summed E-state index contributed by atoms with van der Waals surface area (Å²) in [6.45, 7) is 0. The fourth-order valence-electron chi connectivity index (χ4n) is 3.69. The van der Waals surface area contributed by atoms with Gasteiger partial charge >= 0.3 is 136 Å². The first-order chi connectivity index (χ1) is 10.7. The molecule has 2 heteroatoms. The average Bonchev–Trinajstić information content (AvgIpc) is 2.92. The van der Waals surface area contributed by atoms with Gasteiger partial charge in [0.05, 0.1) is 0 Å². The maximum atomic E-state index is 7.68. The van der Waals surface area contributed by atoms with E-state index in [0.717, 1.165) is 12.3 Å². The molecule has 1 aliphatic heterocycles.